The molecule has 1 amide bonds. The molecule has 1 fully saturated rings. The number of carbonyl (C=O) groups excluding carboxylic acids is 2. The van der Waals surface area contributed by atoms with Gasteiger partial charge in [-0.25, -0.2) is 9.79 Å². The molecule has 1 aliphatic heterocycles. The second-order valence-electron chi connectivity index (χ2n) is 7.11. The summed E-state index contributed by atoms with van der Waals surface area (Å²) >= 11 is 1.34. The summed E-state index contributed by atoms with van der Waals surface area (Å²) in [6, 6.07) is 14.8. The Morgan fingerprint density at radius 1 is 1.16 bits per heavy atom. The van der Waals surface area contributed by atoms with Gasteiger partial charge in [-0.2, -0.15) is 0 Å². The first-order valence-corrected chi connectivity index (χ1v) is 11.1. The minimum absolute atomic E-state index is 0.0310. The first kappa shape index (κ1) is 23.4. The Kier molecular flexibility index (Phi) is 7.94. The van der Waals surface area contributed by atoms with E-state index in [0.717, 1.165) is 11.3 Å². The molecular formula is C24H26N2O5S. The van der Waals surface area contributed by atoms with Gasteiger partial charge in [0.15, 0.2) is 23.3 Å². The smallest absolute Gasteiger partial charge is 0.344 e. The predicted octanol–water partition coefficient (Wildman–Crippen LogP) is 4.65. The van der Waals surface area contributed by atoms with Gasteiger partial charge in [0.2, 0.25) is 0 Å². The quantitative estimate of drug-likeness (QED) is 0.427. The molecule has 1 saturated heterocycles. The van der Waals surface area contributed by atoms with E-state index in [1.165, 1.54) is 18.9 Å². The Hall–Kier alpha value is -3.26. The lowest BCUT2D eigenvalue weighted by Gasteiger charge is -2.19. The third kappa shape index (κ3) is 5.70. The summed E-state index contributed by atoms with van der Waals surface area (Å²) in [5.41, 5.74) is 1.56. The van der Waals surface area contributed by atoms with Crippen LogP contribution in [-0.2, 0) is 14.3 Å². The molecule has 0 bridgehead atoms. The summed E-state index contributed by atoms with van der Waals surface area (Å²) in [6.45, 7) is 5.74. The molecule has 2 aromatic rings. The number of hydrogen-bond acceptors (Lipinski definition) is 7. The van der Waals surface area contributed by atoms with E-state index >= 15 is 0 Å². The molecule has 168 valence electrons. The van der Waals surface area contributed by atoms with E-state index in [-0.39, 0.29) is 18.6 Å². The monoisotopic (exact) mass is 454 g/mol. The van der Waals surface area contributed by atoms with Crippen LogP contribution in [-0.4, -0.2) is 48.3 Å². The van der Waals surface area contributed by atoms with Crippen LogP contribution in [0.5, 0.6) is 11.5 Å². The predicted molar refractivity (Wildman–Crippen MR) is 126 cm³/mol. The molecule has 0 radical (unpaired) electrons. The van der Waals surface area contributed by atoms with Crippen molar-refractivity contribution < 1.29 is 23.8 Å². The molecular weight excluding hydrogens is 428 g/mol. The number of amidine groups is 1. The molecule has 0 aromatic heterocycles. The van der Waals surface area contributed by atoms with Crippen LogP contribution in [0.25, 0.3) is 6.08 Å². The number of hydrogen-bond donors (Lipinski definition) is 0. The van der Waals surface area contributed by atoms with E-state index in [0.29, 0.717) is 28.2 Å². The number of aliphatic imine (C=N–C) groups is 1. The Labute approximate surface area is 192 Å². The zero-order valence-electron chi connectivity index (χ0n) is 18.5. The van der Waals surface area contributed by atoms with Crippen molar-refractivity contribution in [2.24, 2.45) is 4.99 Å². The SMILES string of the molecule is CCOC(=O)COc1ccc(/C=C2/SC(=Nc3ccccc3)N(C(C)C)C2=O)cc1OC. The number of para-hydroxylation sites is 1. The van der Waals surface area contributed by atoms with Crippen LogP contribution in [0.15, 0.2) is 58.4 Å². The molecule has 32 heavy (non-hydrogen) atoms. The highest BCUT2D eigenvalue weighted by Gasteiger charge is 2.35. The fraction of sp³-hybridized carbons (Fsp3) is 0.292. The zero-order chi connectivity index (χ0) is 23.1. The van der Waals surface area contributed by atoms with Crippen molar-refractivity contribution in [3.63, 3.8) is 0 Å². The first-order valence-electron chi connectivity index (χ1n) is 10.3. The lowest BCUT2D eigenvalue weighted by molar-refractivity contribution is -0.145. The number of benzene rings is 2. The lowest BCUT2D eigenvalue weighted by Crippen LogP contribution is -2.35. The molecule has 0 N–H and O–H groups in total. The van der Waals surface area contributed by atoms with Crippen LogP contribution in [0.3, 0.4) is 0 Å². The third-order valence-corrected chi connectivity index (χ3v) is 5.45. The number of methoxy groups -OCH3 is 1. The summed E-state index contributed by atoms with van der Waals surface area (Å²) < 4.78 is 15.8. The number of esters is 1. The molecule has 2 aromatic carbocycles. The van der Waals surface area contributed by atoms with Crippen molar-refractivity contribution in [3.05, 3.63) is 59.0 Å². The lowest BCUT2D eigenvalue weighted by atomic mass is 10.1. The molecule has 7 nitrogen and oxygen atoms in total. The number of nitrogens with zero attached hydrogens (tertiary/aromatic N) is 2. The number of thioether (sulfide) groups is 1. The third-order valence-electron chi connectivity index (χ3n) is 4.47. The standard InChI is InChI=1S/C24H26N2O5S/c1-5-30-22(27)15-31-19-12-11-17(13-20(19)29-4)14-21-23(28)26(16(2)3)24(32-21)25-18-9-7-6-8-10-18/h6-14,16H,5,15H2,1-4H3/b21-14+,25-24?. The van der Waals surface area contributed by atoms with E-state index in [1.54, 1.807) is 36.1 Å². The Morgan fingerprint density at radius 2 is 1.91 bits per heavy atom. The van der Waals surface area contributed by atoms with Crippen LogP contribution >= 0.6 is 11.8 Å². The molecule has 1 heterocycles. The molecule has 0 atom stereocenters. The second kappa shape index (κ2) is 10.9. The topological polar surface area (TPSA) is 77.4 Å². The van der Waals surface area contributed by atoms with Crippen molar-refractivity contribution in [2.45, 2.75) is 26.8 Å². The van der Waals surface area contributed by atoms with Crippen LogP contribution in [0, 0.1) is 0 Å². The number of rotatable bonds is 8. The average Bonchev–Trinajstić information content (AvgIpc) is 3.08. The number of ether oxygens (including phenoxy) is 3. The molecule has 8 heteroatoms. The second-order valence-corrected chi connectivity index (χ2v) is 8.12. The Morgan fingerprint density at radius 3 is 2.56 bits per heavy atom. The van der Waals surface area contributed by atoms with Crippen molar-refractivity contribution in [2.75, 3.05) is 20.3 Å². The summed E-state index contributed by atoms with van der Waals surface area (Å²) in [4.78, 5) is 31.5. The molecule has 0 unspecified atom stereocenters. The van der Waals surface area contributed by atoms with Gasteiger partial charge in [0.25, 0.3) is 5.91 Å². The van der Waals surface area contributed by atoms with Crippen LogP contribution in [0.1, 0.15) is 26.3 Å². The highest BCUT2D eigenvalue weighted by molar-refractivity contribution is 8.18. The van der Waals surface area contributed by atoms with Gasteiger partial charge in [-0.3, -0.25) is 9.69 Å². The van der Waals surface area contributed by atoms with Gasteiger partial charge in [-0.15, -0.1) is 0 Å². The summed E-state index contributed by atoms with van der Waals surface area (Å²) in [5.74, 6) is 0.329. The molecule has 0 aliphatic carbocycles. The Balaban J connectivity index is 1.84. The minimum Gasteiger partial charge on any atom is -0.493 e. The normalized spacial score (nSPS) is 16.2. The average molecular weight is 455 g/mol. The largest absolute Gasteiger partial charge is 0.493 e. The molecule has 3 rings (SSSR count). The first-order chi connectivity index (χ1) is 15.4. The van der Waals surface area contributed by atoms with Crippen molar-refractivity contribution >= 4 is 40.6 Å². The van der Waals surface area contributed by atoms with E-state index in [1.807, 2.05) is 44.2 Å². The minimum atomic E-state index is -0.451. The Bertz CT molecular complexity index is 1030. The van der Waals surface area contributed by atoms with Crippen LogP contribution < -0.4 is 9.47 Å². The fourth-order valence-electron chi connectivity index (χ4n) is 3.02. The maximum atomic E-state index is 13.1. The maximum absolute atomic E-state index is 13.1. The summed E-state index contributed by atoms with van der Waals surface area (Å²) in [7, 11) is 1.52. The highest BCUT2D eigenvalue weighted by atomic mass is 32.2. The molecule has 0 saturated carbocycles. The van der Waals surface area contributed by atoms with E-state index < -0.39 is 5.97 Å². The van der Waals surface area contributed by atoms with Gasteiger partial charge in [0, 0.05) is 6.04 Å². The number of carbonyl (C=O) groups is 2. The van der Waals surface area contributed by atoms with E-state index in [2.05, 4.69) is 4.99 Å². The zero-order valence-corrected chi connectivity index (χ0v) is 19.3. The highest BCUT2D eigenvalue weighted by Crippen LogP contribution is 2.36. The van der Waals surface area contributed by atoms with Crippen molar-refractivity contribution in [1.29, 1.82) is 0 Å². The van der Waals surface area contributed by atoms with E-state index in [4.69, 9.17) is 14.2 Å². The van der Waals surface area contributed by atoms with Gasteiger partial charge in [-0.1, -0.05) is 24.3 Å². The van der Waals surface area contributed by atoms with Crippen LogP contribution in [0.4, 0.5) is 5.69 Å². The van der Waals surface area contributed by atoms with Crippen molar-refractivity contribution in [1.82, 2.24) is 4.90 Å². The van der Waals surface area contributed by atoms with Gasteiger partial charge in [-0.05, 0) is 68.4 Å². The van der Waals surface area contributed by atoms with Crippen molar-refractivity contribution in [3.8, 4) is 11.5 Å². The van der Waals surface area contributed by atoms with E-state index in [9.17, 15) is 9.59 Å². The summed E-state index contributed by atoms with van der Waals surface area (Å²) in [6.07, 6.45) is 1.80. The van der Waals surface area contributed by atoms with Crippen LogP contribution in [0.2, 0.25) is 0 Å². The van der Waals surface area contributed by atoms with Gasteiger partial charge >= 0.3 is 5.97 Å². The fourth-order valence-corrected chi connectivity index (χ4v) is 4.14. The summed E-state index contributed by atoms with van der Waals surface area (Å²) in [5, 5.41) is 0.642. The van der Waals surface area contributed by atoms with Gasteiger partial charge < -0.3 is 14.2 Å². The van der Waals surface area contributed by atoms with Gasteiger partial charge in [0.1, 0.15) is 0 Å². The molecule has 0 spiro atoms. The van der Waals surface area contributed by atoms with Gasteiger partial charge in [0.05, 0.1) is 24.3 Å². The number of amides is 1. The maximum Gasteiger partial charge on any atom is 0.344 e. The molecule has 1 aliphatic rings.